The van der Waals surface area contributed by atoms with Crippen LogP contribution >= 0.6 is 0 Å². The zero-order valence-electron chi connectivity index (χ0n) is 24.9. The van der Waals surface area contributed by atoms with Gasteiger partial charge < -0.3 is 9.47 Å². The van der Waals surface area contributed by atoms with Crippen molar-refractivity contribution in [2.45, 2.75) is 125 Å². The molecule has 4 fully saturated rings. The predicted octanol–water partition coefficient (Wildman–Crippen LogP) is 7.40. The lowest BCUT2D eigenvalue weighted by molar-refractivity contribution is -0.179. The Labute approximate surface area is 226 Å². The average Bonchev–Trinajstić information content (AvgIpc) is 3.26. The van der Waals surface area contributed by atoms with E-state index in [2.05, 4.69) is 27.7 Å². The molecule has 4 saturated carbocycles. The maximum atomic E-state index is 14.2. The number of ether oxygens (including phenoxy) is 2. The minimum atomic E-state index is -0.118. The van der Waals surface area contributed by atoms with Crippen molar-refractivity contribution in [3.63, 3.8) is 0 Å². The lowest BCUT2D eigenvalue weighted by Crippen LogP contribution is -2.60. The molecule has 0 aromatic carbocycles. The summed E-state index contributed by atoms with van der Waals surface area (Å²) < 4.78 is 10.7. The van der Waals surface area contributed by atoms with E-state index in [4.69, 9.17) is 9.47 Å². The smallest absolute Gasteiger partial charge is 0.305 e. The monoisotopic (exact) mass is 518 g/mol. The van der Waals surface area contributed by atoms with E-state index in [0.29, 0.717) is 48.2 Å². The van der Waals surface area contributed by atoms with Crippen molar-refractivity contribution in [1.82, 2.24) is 0 Å². The molecule has 0 aromatic rings. The highest BCUT2D eigenvalue weighted by atomic mass is 16.5. The van der Waals surface area contributed by atoms with Crippen LogP contribution in [0.15, 0.2) is 0 Å². The van der Waals surface area contributed by atoms with Crippen LogP contribution in [-0.2, 0) is 23.9 Å². The second kappa shape index (κ2) is 12.2. The maximum Gasteiger partial charge on any atom is 0.305 e. The molecule has 5 heteroatoms. The summed E-state index contributed by atoms with van der Waals surface area (Å²) in [7, 11) is 1.47. The SMILES string of the molecule is CC.CCC(=O)O[C@@H]1CCC2(C)C(C1)C(CC)C(=O)C1C2CCC2(C)C1CCC2[C@H](C)CCC(=O)OC. The van der Waals surface area contributed by atoms with Crippen LogP contribution < -0.4 is 0 Å². The van der Waals surface area contributed by atoms with Crippen molar-refractivity contribution in [2.24, 2.45) is 52.3 Å². The molecular weight excluding hydrogens is 464 g/mol. The van der Waals surface area contributed by atoms with Gasteiger partial charge in [-0.05, 0) is 98.2 Å². The molecule has 4 rings (SSSR count). The van der Waals surface area contributed by atoms with E-state index in [0.717, 1.165) is 44.9 Å². The van der Waals surface area contributed by atoms with Gasteiger partial charge in [0.2, 0.25) is 0 Å². The van der Waals surface area contributed by atoms with Gasteiger partial charge in [-0.3, -0.25) is 14.4 Å². The van der Waals surface area contributed by atoms with E-state index in [-0.39, 0.29) is 40.7 Å². The van der Waals surface area contributed by atoms with Gasteiger partial charge in [0, 0.05) is 24.7 Å². The van der Waals surface area contributed by atoms with Crippen LogP contribution in [0.3, 0.4) is 0 Å². The molecule has 212 valence electrons. The number of ketones is 1. The molecule has 0 spiro atoms. The molecule has 0 bridgehead atoms. The van der Waals surface area contributed by atoms with Crippen molar-refractivity contribution in [3.8, 4) is 0 Å². The molecule has 5 nitrogen and oxygen atoms in total. The predicted molar refractivity (Wildman–Crippen MR) is 147 cm³/mol. The van der Waals surface area contributed by atoms with Crippen LogP contribution in [0, 0.1) is 52.3 Å². The maximum absolute atomic E-state index is 14.2. The molecule has 8 unspecified atom stereocenters. The van der Waals surface area contributed by atoms with Gasteiger partial charge in [-0.1, -0.05) is 48.5 Å². The Hall–Kier alpha value is -1.39. The number of carbonyl (C=O) groups excluding carboxylic acids is 3. The molecular formula is C32H54O5. The van der Waals surface area contributed by atoms with E-state index in [1.807, 2.05) is 20.8 Å². The van der Waals surface area contributed by atoms with E-state index >= 15 is 0 Å². The molecule has 0 heterocycles. The Morgan fingerprint density at radius 3 is 2.22 bits per heavy atom. The van der Waals surface area contributed by atoms with E-state index in [1.54, 1.807) is 0 Å². The quantitative estimate of drug-likeness (QED) is 0.328. The highest BCUT2D eigenvalue weighted by Gasteiger charge is 2.65. The average molecular weight is 519 g/mol. The molecule has 0 aliphatic heterocycles. The summed E-state index contributed by atoms with van der Waals surface area (Å²) >= 11 is 0. The molecule has 0 amide bonds. The van der Waals surface area contributed by atoms with Crippen LogP contribution in [0.5, 0.6) is 0 Å². The molecule has 0 aromatic heterocycles. The number of Topliss-reactive ketones (excluding diaryl/α,β-unsaturated/α-hetero) is 1. The first kappa shape index (κ1) is 30.2. The minimum Gasteiger partial charge on any atom is -0.469 e. The van der Waals surface area contributed by atoms with E-state index < -0.39 is 0 Å². The fourth-order valence-electron chi connectivity index (χ4n) is 9.62. The van der Waals surface area contributed by atoms with Gasteiger partial charge in [0.05, 0.1) is 7.11 Å². The van der Waals surface area contributed by atoms with Gasteiger partial charge in [-0.25, -0.2) is 0 Å². The topological polar surface area (TPSA) is 69.7 Å². The summed E-state index contributed by atoms with van der Waals surface area (Å²) in [5, 5.41) is 0. The van der Waals surface area contributed by atoms with Crippen LogP contribution in [-0.4, -0.2) is 30.9 Å². The van der Waals surface area contributed by atoms with Crippen molar-refractivity contribution < 1.29 is 23.9 Å². The van der Waals surface area contributed by atoms with Crippen LogP contribution in [0.1, 0.15) is 119 Å². The summed E-state index contributed by atoms with van der Waals surface area (Å²) in [6.45, 7) is 15.3. The number of carbonyl (C=O) groups is 3. The van der Waals surface area contributed by atoms with Gasteiger partial charge in [-0.15, -0.1) is 0 Å². The van der Waals surface area contributed by atoms with Crippen molar-refractivity contribution >= 4 is 17.7 Å². The first-order valence-corrected chi connectivity index (χ1v) is 15.4. The Morgan fingerprint density at radius 2 is 1.59 bits per heavy atom. The van der Waals surface area contributed by atoms with E-state index in [9.17, 15) is 14.4 Å². The van der Waals surface area contributed by atoms with Crippen molar-refractivity contribution in [1.29, 1.82) is 0 Å². The van der Waals surface area contributed by atoms with Gasteiger partial charge >= 0.3 is 11.9 Å². The van der Waals surface area contributed by atoms with Gasteiger partial charge in [0.15, 0.2) is 0 Å². The number of esters is 2. The van der Waals surface area contributed by atoms with Crippen LogP contribution in [0.4, 0.5) is 0 Å². The van der Waals surface area contributed by atoms with Crippen LogP contribution in [0.2, 0.25) is 0 Å². The second-order valence-corrected chi connectivity index (χ2v) is 12.8. The summed E-state index contributed by atoms with van der Waals surface area (Å²) in [5.74, 6) is 2.82. The van der Waals surface area contributed by atoms with Gasteiger partial charge in [0.25, 0.3) is 0 Å². The zero-order valence-corrected chi connectivity index (χ0v) is 24.9. The first-order valence-electron chi connectivity index (χ1n) is 15.4. The minimum absolute atomic E-state index is 0.0284. The summed E-state index contributed by atoms with van der Waals surface area (Å²) in [6, 6.07) is 0. The van der Waals surface area contributed by atoms with Crippen molar-refractivity contribution in [3.05, 3.63) is 0 Å². The molecule has 4 aliphatic carbocycles. The van der Waals surface area contributed by atoms with Crippen LogP contribution in [0.25, 0.3) is 0 Å². The summed E-state index contributed by atoms with van der Waals surface area (Å²) in [5.41, 5.74) is 0.339. The molecule has 4 aliphatic rings. The lowest BCUT2D eigenvalue weighted by atomic mass is 9.42. The number of methoxy groups -OCH3 is 1. The molecule has 0 N–H and O–H groups in total. The summed E-state index contributed by atoms with van der Waals surface area (Å²) in [4.78, 5) is 38.0. The molecule has 0 radical (unpaired) electrons. The third-order valence-corrected chi connectivity index (χ3v) is 11.5. The highest BCUT2D eigenvalue weighted by molar-refractivity contribution is 5.86. The zero-order chi connectivity index (χ0) is 27.5. The Bertz CT molecular complexity index is 822. The first-order chi connectivity index (χ1) is 17.6. The Balaban J connectivity index is 0.00000186. The Morgan fingerprint density at radius 1 is 0.946 bits per heavy atom. The molecule has 10 atom stereocenters. The number of rotatable bonds is 7. The largest absolute Gasteiger partial charge is 0.469 e. The highest BCUT2D eigenvalue weighted by Crippen LogP contribution is 2.68. The number of hydrogen-bond acceptors (Lipinski definition) is 5. The third kappa shape index (κ3) is 5.39. The van der Waals surface area contributed by atoms with Gasteiger partial charge in [0.1, 0.15) is 11.9 Å². The second-order valence-electron chi connectivity index (χ2n) is 12.8. The van der Waals surface area contributed by atoms with Gasteiger partial charge in [-0.2, -0.15) is 0 Å². The number of hydrogen-bond donors (Lipinski definition) is 0. The number of fused-ring (bicyclic) bond motifs is 5. The fraction of sp³-hybridized carbons (Fsp3) is 0.906. The fourth-order valence-corrected chi connectivity index (χ4v) is 9.62. The molecule has 0 saturated heterocycles. The molecule has 37 heavy (non-hydrogen) atoms. The van der Waals surface area contributed by atoms with E-state index in [1.165, 1.54) is 20.0 Å². The third-order valence-electron chi connectivity index (χ3n) is 11.5. The summed E-state index contributed by atoms with van der Waals surface area (Å²) in [6.07, 6.45) is 10.1. The lowest BCUT2D eigenvalue weighted by Gasteiger charge is -2.62. The standard InChI is InChI=1S/C30H48O5.C2H6/c1-7-20-24-17-19(35-25(31)8-2)13-15-30(24,5)23-14-16-29(4)21(18(3)9-12-26(32)34-6)10-11-22(29)27(23)28(20)33;1-2/h18-24,27H,7-17H2,1-6H3;1-2H3/t18-,19-,20?,21?,22?,23?,24?,27?,29?,30?;/m1./s1. The normalized spacial score (nSPS) is 41.3. The van der Waals surface area contributed by atoms with Crippen molar-refractivity contribution in [2.75, 3.05) is 7.11 Å². The Kier molecular flexibility index (Phi) is 9.94.